The first kappa shape index (κ1) is 21.6. The Bertz CT molecular complexity index is 1610. The van der Waals surface area contributed by atoms with Crippen LogP contribution < -0.4 is 0 Å². The summed E-state index contributed by atoms with van der Waals surface area (Å²) in [5, 5.41) is 2.19. The molecule has 0 unspecified atom stereocenters. The van der Waals surface area contributed by atoms with Gasteiger partial charge in [0.15, 0.2) is 0 Å². The first-order valence-corrected chi connectivity index (χ1v) is 11.8. The van der Waals surface area contributed by atoms with Crippen molar-refractivity contribution < 1.29 is 0 Å². The highest BCUT2D eigenvalue weighted by atomic mass is 14.8. The van der Waals surface area contributed by atoms with Gasteiger partial charge < -0.3 is 0 Å². The molecule has 0 radical (unpaired) electrons. The second-order valence-corrected chi connectivity index (χ2v) is 8.40. The van der Waals surface area contributed by atoms with Gasteiger partial charge in [-0.3, -0.25) is 20.0 Å². The second-order valence-electron chi connectivity index (χ2n) is 8.40. The van der Waals surface area contributed by atoms with E-state index in [9.17, 15) is 0 Å². The number of aliphatic imine (C=N–C) groups is 2. The molecule has 2 aromatic heterocycles. The molecule has 4 nitrogen and oxygen atoms in total. The Kier molecular flexibility index (Phi) is 5.83. The summed E-state index contributed by atoms with van der Waals surface area (Å²) in [5.41, 5.74) is 7.64. The molecule has 0 N–H and O–H groups in total. The van der Waals surface area contributed by atoms with E-state index >= 15 is 0 Å². The molecule has 0 atom stereocenters. The molecular formula is C32H22N4. The molecule has 0 bridgehead atoms. The Morgan fingerprint density at radius 2 is 0.889 bits per heavy atom. The van der Waals surface area contributed by atoms with Crippen molar-refractivity contribution >= 4 is 45.6 Å². The zero-order valence-electron chi connectivity index (χ0n) is 19.5. The Balaban J connectivity index is 1.39. The molecule has 0 fully saturated rings. The highest BCUT2D eigenvalue weighted by Gasteiger charge is 2.09. The lowest BCUT2D eigenvalue weighted by molar-refractivity contribution is 1.40. The molecule has 36 heavy (non-hydrogen) atoms. The van der Waals surface area contributed by atoms with Gasteiger partial charge in [0.2, 0.25) is 0 Å². The highest BCUT2D eigenvalue weighted by molar-refractivity contribution is 6.00. The number of fused-ring (bicyclic) bond motifs is 2. The molecular weight excluding hydrogens is 440 g/mol. The van der Waals surface area contributed by atoms with E-state index in [0.29, 0.717) is 0 Å². The second kappa shape index (κ2) is 9.72. The molecule has 0 saturated carbocycles. The maximum atomic E-state index is 4.88. The largest absolute Gasteiger partial charge is 0.256 e. The van der Waals surface area contributed by atoms with Crippen molar-refractivity contribution in [2.75, 3.05) is 0 Å². The van der Waals surface area contributed by atoms with E-state index < -0.39 is 0 Å². The van der Waals surface area contributed by atoms with Crippen LogP contribution in [0, 0.1) is 0 Å². The molecule has 170 valence electrons. The van der Waals surface area contributed by atoms with E-state index in [-0.39, 0.29) is 0 Å². The fraction of sp³-hybridized carbons (Fsp3) is 0. The van der Waals surface area contributed by atoms with Crippen molar-refractivity contribution in [3.05, 3.63) is 133 Å². The Morgan fingerprint density at radius 3 is 1.39 bits per heavy atom. The highest BCUT2D eigenvalue weighted by Crippen LogP contribution is 2.36. The van der Waals surface area contributed by atoms with Gasteiger partial charge in [-0.05, 0) is 24.3 Å². The third-order valence-corrected chi connectivity index (χ3v) is 6.11. The van der Waals surface area contributed by atoms with Crippen LogP contribution in [-0.4, -0.2) is 22.4 Å². The molecule has 6 rings (SSSR count). The minimum absolute atomic E-state index is 0.875. The van der Waals surface area contributed by atoms with Gasteiger partial charge in [0, 0.05) is 57.8 Å². The molecule has 0 aliphatic carbocycles. The first-order valence-electron chi connectivity index (χ1n) is 11.8. The lowest BCUT2D eigenvalue weighted by Crippen LogP contribution is -1.88. The van der Waals surface area contributed by atoms with Crippen molar-refractivity contribution in [1.82, 2.24) is 9.97 Å². The number of pyridine rings is 2. The van der Waals surface area contributed by atoms with Crippen molar-refractivity contribution in [1.29, 1.82) is 0 Å². The molecule has 4 aromatic carbocycles. The predicted octanol–water partition coefficient (Wildman–Crippen LogP) is 7.95. The molecule has 4 heteroatoms. The van der Waals surface area contributed by atoms with E-state index in [1.165, 1.54) is 0 Å². The zero-order chi connectivity index (χ0) is 24.2. The van der Waals surface area contributed by atoms with Crippen molar-refractivity contribution in [2.24, 2.45) is 9.98 Å². The van der Waals surface area contributed by atoms with Crippen LogP contribution in [0.2, 0.25) is 0 Å². The summed E-state index contributed by atoms with van der Waals surface area (Å²) in [6, 6.07) is 36.6. The number of hydrogen-bond acceptors (Lipinski definition) is 4. The van der Waals surface area contributed by atoms with Crippen LogP contribution in [0.1, 0.15) is 11.1 Å². The van der Waals surface area contributed by atoms with Gasteiger partial charge in [0.05, 0.1) is 22.4 Å². The van der Waals surface area contributed by atoms with Crippen LogP contribution in [-0.2, 0) is 0 Å². The van der Waals surface area contributed by atoms with E-state index in [1.54, 1.807) is 0 Å². The predicted molar refractivity (Wildman–Crippen MR) is 150 cm³/mol. The van der Waals surface area contributed by atoms with Gasteiger partial charge in [-0.1, -0.05) is 84.9 Å². The Labute approximate surface area is 209 Å². The first-order chi connectivity index (χ1) is 17.9. The number of benzene rings is 4. The summed E-state index contributed by atoms with van der Waals surface area (Å²) in [4.78, 5) is 18.8. The van der Waals surface area contributed by atoms with Crippen LogP contribution in [0.3, 0.4) is 0 Å². The third kappa shape index (κ3) is 4.28. The van der Waals surface area contributed by atoms with E-state index in [0.717, 1.165) is 55.4 Å². The fourth-order valence-electron chi connectivity index (χ4n) is 4.37. The van der Waals surface area contributed by atoms with Crippen LogP contribution in [0.4, 0.5) is 11.4 Å². The molecule has 0 saturated heterocycles. The standard InChI is InChI=1S/C32H22N4/c1-3-17-29(35-21-25-11-5-9-23-13-7-19-33-31(23)25)27(15-1)28-16-2-4-18-30(28)36-22-26-12-6-10-24-14-8-20-34-32(24)26/h1-22H. The average molecular weight is 463 g/mol. The van der Waals surface area contributed by atoms with Crippen LogP contribution in [0.5, 0.6) is 0 Å². The number of hydrogen-bond donors (Lipinski definition) is 0. The van der Waals surface area contributed by atoms with Crippen molar-refractivity contribution in [2.45, 2.75) is 0 Å². The smallest absolute Gasteiger partial charge is 0.0789 e. The molecule has 0 aliphatic heterocycles. The summed E-state index contributed by atoms with van der Waals surface area (Å²) in [5.74, 6) is 0. The molecule has 0 aliphatic rings. The monoisotopic (exact) mass is 462 g/mol. The summed E-state index contributed by atoms with van der Waals surface area (Å²) >= 11 is 0. The van der Waals surface area contributed by atoms with Crippen LogP contribution in [0.15, 0.2) is 132 Å². The maximum absolute atomic E-state index is 4.88. The summed E-state index contributed by atoms with van der Waals surface area (Å²) in [7, 11) is 0. The van der Waals surface area contributed by atoms with Crippen molar-refractivity contribution in [3.63, 3.8) is 0 Å². The summed E-state index contributed by atoms with van der Waals surface area (Å²) in [6.45, 7) is 0. The van der Waals surface area contributed by atoms with Gasteiger partial charge in [-0.25, -0.2) is 0 Å². The summed E-state index contributed by atoms with van der Waals surface area (Å²) < 4.78 is 0. The number of aromatic nitrogens is 2. The van der Waals surface area contributed by atoms with Crippen LogP contribution >= 0.6 is 0 Å². The fourth-order valence-corrected chi connectivity index (χ4v) is 4.37. The van der Waals surface area contributed by atoms with Gasteiger partial charge in [0.1, 0.15) is 0 Å². The average Bonchev–Trinajstić information content (AvgIpc) is 2.95. The molecule has 0 amide bonds. The normalized spacial score (nSPS) is 11.7. The zero-order valence-corrected chi connectivity index (χ0v) is 19.5. The molecule has 2 heterocycles. The van der Waals surface area contributed by atoms with E-state index in [2.05, 4.69) is 46.4 Å². The van der Waals surface area contributed by atoms with Gasteiger partial charge >= 0.3 is 0 Å². The number of nitrogens with zero attached hydrogens (tertiary/aromatic N) is 4. The van der Waals surface area contributed by atoms with Gasteiger partial charge in [-0.2, -0.15) is 0 Å². The Morgan fingerprint density at radius 1 is 0.444 bits per heavy atom. The number of para-hydroxylation sites is 4. The minimum atomic E-state index is 0.875. The summed E-state index contributed by atoms with van der Waals surface area (Å²) in [6.07, 6.45) is 7.41. The lowest BCUT2D eigenvalue weighted by atomic mass is 10.0. The molecule has 0 spiro atoms. The molecule has 6 aromatic rings. The van der Waals surface area contributed by atoms with Crippen molar-refractivity contribution in [3.8, 4) is 11.1 Å². The number of rotatable bonds is 5. The SMILES string of the molecule is C(=Nc1ccccc1-c1ccccc1N=Cc1cccc2cccnc12)c1cccc2cccnc12. The van der Waals surface area contributed by atoms with Gasteiger partial charge in [-0.15, -0.1) is 0 Å². The quantitative estimate of drug-likeness (QED) is 0.244. The minimum Gasteiger partial charge on any atom is -0.256 e. The third-order valence-electron chi connectivity index (χ3n) is 6.11. The van der Waals surface area contributed by atoms with Gasteiger partial charge in [0.25, 0.3) is 0 Å². The lowest BCUT2D eigenvalue weighted by Gasteiger charge is -2.09. The maximum Gasteiger partial charge on any atom is 0.0789 e. The van der Waals surface area contributed by atoms with E-state index in [4.69, 9.17) is 9.98 Å². The Hall–Kier alpha value is -4.96. The topological polar surface area (TPSA) is 50.5 Å². The van der Waals surface area contributed by atoms with E-state index in [1.807, 2.05) is 97.6 Å². The van der Waals surface area contributed by atoms with Crippen LogP contribution in [0.25, 0.3) is 32.9 Å².